The highest BCUT2D eigenvalue weighted by Gasteiger charge is 2.34. The second-order valence-corrected chi connectivity index (χ2v) is 5.19. The fourth-order valence-corrected chi connectivity index (χ4v) is 2.21. The van der Waals surface area contributed by atoms with Crippen LogP contribution in [0.4, 0.5) is 5.69 Å². The van der Waals surface area contributed by atoms with E-state index in [1.165, 1.54) is 5.56 Å². The van der Waals surface area contributed by atoms with Crippen molar-refractivity contribution in [3.05, 3.63) is 29.3 Å². The van der Waals surface area contributed by atoms with Crippen LogP contribution in [0.25, 0.3) is 0 Å². The third kappa shape index (κ3) is 2.67. The Morgan fingerprint density at radius 3 is 2.71 bits per heavy atom. The van der Waals surface area contributed by atoms with Crippen molar-refractivity contribution in [1.82, 2.24) is 0 Å². The van der Waals surface area contributed by atoms with Crippen LogP contribution >= 0.6 is 0 Å². The minimum Gasteiger partial charge on any atom is -0.326 e. The third-order valence-electron chi connectivity index (χ3n) is 3.74. The van der Waals surface area contributed by atoms with Gasteiger partial charge in [-0.05, 0) is 50.3 Å². The number of nitrogens with one attached hydrogen (secondary N) is 1. The van der Waals surface area contributed by atoms with E-state index < -0.39 is 0 Å². The maximum Gasteiger partial charge on any atom is 0.226 e. The van der Waals surface area contributed by atoms with Crippen molar-refractivity contribution >= 4 is 11.6 Å². The molecule has 92 valence electrons. The van der Waals surface area contributed by atoms with Gasteiger partial charge in [-0.2, -0.15) is 0 Å². The van der Waals surface area contributed by atoms with E-state index in [9.17, 15) is 4.79 Å². The molecule has 0 aromatic heterocycles. The summed E-state index contributed by atoms with van der Waals surface area (Å²) in [5, 5.41) is 2.96. The van der Waals surface area contributed by atoms with E-state index >= 15 is 0 Å². The van der Waals surface area contributed by atoms with Crippen molar-refractivity contribution in [2.75, 3.05) is 5.32 Å². The lowest BCUT2D eigenvalue weighted by molar-refractivity contribution is -0.118. The average Bonchev–Trinajstić information content (AvgIpc) is 2.22. The van der Waals surface area contributed by atoms with Gasteiger partial charge in [0, 0.05) is 17.6 Å². The zero-order chi connectivity index (χ0) is 12.5. The number of hydrogen-bond acceptors (Lipinski definition) is 2. The molecule has 0 saturated heterocycles. The number of aryl methyl sites for hydroxylation is 1. The molecule has 1 aromatic rings. The summed E-state index contributed by atoms with van der Waals surface area (Å²) in [4.78, 5) is 11.9. The Morgan fingerprint density at radius 2 is 2.12 bits per heavy atom. The fourth-order valence-electron chi connectivity index (χ4n) is 2.21. The topological polar surface area (TPSA) is 55.1 Å². The molecule has 0 aliphatic heterocycles. The monoisotopic (exact) mass is 232 g/mol. The second kappa shape index (κ2) is 4.49. The van der Waals surface area contributed by atoms with Gasteiger partial charge in [0.05, 0.1) is 0 Å². The molecule has 0 bridgehead atoms. The maximum atomic E-state index is 11.9. The first-order chi connectivity index (χ1) is 8.00. The van der Waals surface area contributed by atoms with Gasteiger partial charge in [0.1, 0.15) is 0 Å². The molecule has 0 heterocycles. The van der Waals surface area contributed by atoms with Crippen LogP contribution in [0.15, 0.2) is 18.2 Å². The Kier molecular flexibility index (Phi) is 3.20. The standard InChI is InChI=1S/C14H20N2O/c1-10-5-3-6-12(11(10)2)16-13(17)9-14(15)7-4-8-14/h3,5-6H,4,7-9,15H2,1-2H3,(H,16,17). The van der Waals surface area contributed by atoms with Crippen molar-refractivity contribution in [3.63, 3.8) is 0 Å². The van der Waals surface area contributed by atoms with Crippen molar-refractivity contribution in [3.8, 4) is 0 Å². The van der Waals surface area contributed by atoms with Gasteiger partial charge in [-0.15, -0.1) is 0 Å². The molecule has 0 spiro atoms. The summed E-state index contributed by atoms with van der Waals surface area (Å²) in [6.07, 6.45) is 3.51. The summed E-state index contributed by atoms with van der Waals surface area (Å²) >= 11 is 0. The quantitative estimate of drug-likeness (QED) is 0.841. The van der Waals surface area contributed by atoms with Crippen LogP contribution in [0, 0.1) is 13.8 Å². The molecule has 17 heavy (non-hydrogen) atoms. The lowest BCUT2D eigenvalue weighted by Crippen LogP contribution is -2.48. The third-order valence-corrected chi connectivity index (χ3v) is 3.74. The van der Waals surface area contributed by atoms with Crippen LogP contribution in [-0.2, 0) is 4.79 Å². The number of amides is 1. The van der Waals surface area contributed by atoms with E-state index in [-0.39, 0.29) is 11.4 Å². The normalized spacial score (nSPS) is 17.4. The summed E-state index contributed by atoms with van der Waals surface area (Å²) in [6.45, 7) is 4.06. The predicted octanol–water partition coefficient (Wildman–Crippen LogP) is 2.51. The molecule has 1 amide bonds. The highest BCUT2D eigenvalue weighted by molar-refractivity contribution is 5.92. The molecule has 3 nitrogen and oxygen atoms in total. The number of rotatable bonds is 3. The van der Waals surface area contributed by atoms with Crippen LogP contribution < -0.4 is 11.1 Å². The fraction of sp³-hybridized carbons (Fsp3) is 0.500. The zero-order valence-electron chi connectivity index (χ0n) is 10.5. The number of benzene rings is 1. The lowest BCUT2D eigenvalue weighted by atomic mass is 9.75. The molecule has 0 unspecified atom stereocenters. The van der Waals surface area contributed by atoms with Crippen LogP contribution in [0.1, 0.15) is 36.8 Å². The lowest BCUT2D eigenvalue weighted by Gasteiger charge is -2.37. The molecule has 1 saturated carbocycles. The predicted molar refractivity (Wildman–Crippen MR) is 69.9 cm³/mol. The van der Waals surface area contributed by atoms with Gasteiger partial charge in [-0.1, -0.05) is 12.1 Å². The first-order valence-corrected chi connectivity index (χ1v) is 6.15. The van der Waals surface area contributed by atoms with Crippen LogP contribution in [0.2, 0.25) is 0 Å². The van der Waals surface area contributed by atoms with Gasteiger partial charge in [-0.25, -0.2) is 0 Å². The minimum absolute atomic E-state index is 0.0286. The number of anilines is 1. The summed E-state index contributed by atoms with van der Waals surface area (Å²) in [6, 6.07) is 5.94. The average molecular weight is 232 g/mol. The van der Waals surface area contributed by atoms with E-state index in [2.05, 4.69) is 5.32 Å². The van der Waals surface area contributed by atoms with Gasteiger partial charge in [0.2, 0.25) is 5.91 Å². The number of nitrogens with two attached hydrogens (primary N) is 1. The van der Waals surface area contributed by atoms with E-state index in [0.717, 1.165) is 30.5 Å². The van der Waals surface area contributed by atoms with Gasteiger partial charge >= 0.3 is 0 Å². The first kappa shape index (κ1) is 12.1. The second-order valence-electron chi connectivity index (χ2n) is 5.19. The molecule has 2 rings (SSSR count). The Balaban J connectivity index is 2.00. The first-order valence-electron chi connectivity index (χ1n) is 6.15. The van der Waals surface area contributed by atoms with Gasteiger partial charge in [0.15, 0.2) is 0 Å². The van der Waals surface area contributed by atoms with E-state index in [0.29, 0.717) is 6.42 Å². The van der Waals surface area contributed by atoms with Gasteiger partial charge in [0.25, 0.3) is 0 Å². The zero-order valence-corrected chi connectivity index (χ0v) is 10.5. The van der Waals surface area contributed by atoms with Gasteiger partial charge < -0.3 is 11.1 Å². The molecule has 1 aliphatic carbocycles. The Morgan fingerprint density at radius 1 is 1.41 bits per heavy atom. The molecule has 0 atom stereocenters. The summed E-state index contributed by atoms with van der Waals surface area (Å²) < 4.78 is 0. The van der Waals surface area contributed by atoms with Crippen LogP contribution in [0.5, 0.6) is 0 Å². The summed E-state index contributed by atoms with van der Waals surface area (Å²) in [5.41, 5.74) is 9.03. The van der Waals surface area contributed by atoms with Crippen LogP contribution in [-0.4, -0.2) is 11.4 Å². The molecule has 3 N–H and O–H groups in total. The Hall–Kier alpha value is -1.35. The van der Waals surface area contributed by atoms with E-state index in [1.54, 1.807) is 0 Å². The Bertz CT molecular complexity index is 436. The number of hydrogen-bond donors (Lipinski definition) is 2. The van der Waals surface area contributed by atoms with E-state index in [4.69, 9.17) is 5.73 Å². The van der Waals surface area contributed by atoms with Crippen molar-refractivity contribution < 1.29 is 4.79 Å². The number of carbonyl (C=O) groups is 1. The SMILES string of the molecule is Cc1cccc(NC(=O)CC2(N)CCC2)c1C. The molecule has 0 radical (unpaired) electrons. The highest BCUT2D eigenvalue weighted by atomic mass is 16.1. The van der Waals surface area contributed by atoms with Crippen LogP contribution in [0.3, 0.4) is 0 Å². The van der Waals surface area contributed by atoms with E-state index in [1.807, 2.05) is 32.0 Å². The summed E-state index contributed by atoms with van der Waals surface area (Å²) in [7, 11) is 0. The maximum absolute atomic E-state index is 11.9. The smallest absolute Gasteiger partial charge is 0.226 e. The molecule has 1 aliphatic rings. The number of carbonyl (C=O) groups excluding carboxylic acids is 1. The highest BCUT2D eigenvalue weighted by Crippen LogP contribution is 2.32. The molecular formula is C14H20N2O. The Labute approximate surface area is 102 Å². The minimum atomic E-state index is -0.248. The largest absolute Gasteiger partial charge is 0.326 e. The van der Waals surface area contributed by atoms with Gasteiger partial charge in [-0.3, -0.25) is 4.79 Å². The molecule has 3 heteroatoms. The van der Waals surface area contributed by atoms with Crippen molar-refractivity contribution in [2.45, 2.75) is 45.1 Å². The molecular weight excluding hydrogens is 212 g/mol. The molecule has 1 fully saturated rings. The van der Waals surface area contributed by atoms with Crippen molar-refractivity contribution in [2.24, 2.45) is 5.73 Å². The molecule has 1 aromatic carbocycles. The summed E-state index contributed by atoms with van der Waals surface area (Å²) in [5.74, 6) is 0.0286. The van der Waals surface area contributed by atoms with Crippen molar-refractivity contribution in [1.29, 1.82) is 0 Å².